The molecule has 0 aromatic heterocycles. The highest BCUT2D eigenvalue weighted by atomic mass is 16.6. The molecule has 0 saturated heterocycles. The average Bonchev–Trinajstić information content (AvgIpc) is 2.91. The molecule has 0 fully saturated rings. The van der Waals surface area contributed by atoms with Crippen LogP contribution in [0.2, 0.25) is 0 Å². The maximum Gasteiger partial charge on any atom is 0.325 e. The monoisotopic (exact) mass is 403 g/mol. The number of carbonyl (C=O) groups is 5. The van der Waals surface area contributed by atoms with Crippen molar-refractivity contribution < 1.29 is 28.7 Å². The summed E-state index contributed by atoms with van der Waals surface area (Å²) in [5.74, 6) is -2.07. The maximum atomic E-state index is 12.9. The summed E-state index contributed by atoms with van der Waals surface area (Å²) >= 11 is 0. The molecule has 1 unspecified atom stereocenters. The Balaban J connectivity index is 2.20. The lowest BCUT2D eigenvalue weighted by atomic mass is 10.1. The lowest BCUT2D eigenvalue weighted by Gasteiger charge is -2.21. The lowest BCUT2D eigenvalue weighted by Crippen LogP contribution is -2.41. The highest BCUT2D eigenvalue weighted by molar-refractivity contribution is 6.24. The van der Waals surface area contributed by atoms with E-state index in [0.717, 1.165) is 4.90 Å². The second-order valence-corrected chi connectivity index (χ2v) is 7.56. The molecule has 156 valence electrons. The Hall–Kier alpha value is -3.23. The number of rotatable bonds is 8. The fraction of sp³-hybridized carbons (Fsp3) is 0.450. The molecule has 2 rings (SSSR count). The molecule has 3 amide bonds. The van der Waals surface area contributed by atoms with Gasteiger partial charge in [-0.2, -0.15) is 0 Å². The predicted octanol–water partition coefficient (Wildman–Crippen LogP) is 1.13. The molecule has 1 aliphatic rings. The van der Waals surface area contributed by atoms with Crippen LogP contribution < -0.4 is 10.6 Å². The van der Waals surface area contributed by atoms with Crippen LogP contribution in [0.3, 0.4) is 0 Å². The second-order valence-electron chi connectivity index (χ2n) is 7.56. The molecular formula is C20H25N3O6. The molecule has 1 aromatic rings. The molecular weight excluding hydrogens is 378 g/mol. The Labute approximate surface area is 168 Å². The number of aldehydes is 1. The number of amides is 3. The van der Waals surface area contributed by atoms with Gasteiger partial charge in [0.05, 0.1) is 17.2 Å². The van der Waals surface area contributed by atoms with Crippen LogP contribution in [0.5, 0.6) is 0 Å². The van der Waals surface area contributed by atoms with Gasteiger partial charge in [-0.05, 0) is 39.3 Å². The van der Waals surface area contributed by atoms with Crippen molar-refractivity contribution in [2.45, 2.75) is 45.3 Å². The zero-order valence-corrected chi connectivity index (χ0v) is 16.9. The molecule has 0 bridgehead atoms. The summed E-state index contributed by atoms with van der Waals surface area (Å²) in [5.41, 5.74) is -0.129. The zero-order chi connectivity index (χ0) is 21.8. The van der Waals surface area contributed by atoms with Gasteiger partial charge in [0.25, 0.3) is 11.8 Å². The van der Waals surface area contributed by atoms with E-state index in [0.29, 0.717) is 12.0 Å². The van der Waals surface area contributed by atoms with E-state index in [1.807, 2.05) is 0 Å². The van der Waals surface area contributed by atoms with E-state index in [4.69, 9.17) is 4.74 Å². The minimum Gasteiger partial charge on any atom is -0.459 e. The molecule has 2 N–H and O–H groups in total. The van der Waals surface area contributed by atoms with Gasteiger partial charge in [0.15, 0.2) is 0 Å². The van der Waals surface area contributed by atoms with Crippen molar-refractivity contribution in [3.8, 4) is 0 Å². The van der Waals surface area contributed by atoms with Crippen LogP contribution in [-0.2, 0) is 19.1 Å². The quantitative estimate of drug-likeness (QED) is 0.379. The SMILES string of the molecule is CNC(=O)CCC(C=O)N1C(=O)c2cccc(NCC(=O)OC(C)(C)C)c2C1=O. The Morgan fingerprint density at radius 2 is 1.90 bits per heavy atom. The largest absolute Gasteiger partial charge is 0.459 e. The normalized spacial score (nSPS) is 14.3. The van der Waals surface area contributed by atoms with Crippen LogP contribution >= 0.6 is 0 Å². The Kier molecular flexibility index (Phi) is 6.73. The molecule has 0 aliphatic carbocycles. The summed E-state index contributed by atoms with van der Waals surface area (Å²) in [6.45, 7) is 5.03. The lowest BCUT2D eigenvalue weighted by molar-refractivity contribution is -0.152. The van der Waals surface area contributed by atoms with Crippen LogP contribution in [0.4, 0.5) is 5.69 Å². The first kappa shape index (κ1) is 22.1. The number of esters is 1. The fourth-order valence-electron chi connectivity index (χ4n) is 2.96. The van der Waals surface area contributed by atoms with Crippen molar-refractivity contribution in [3.63, 3.8) is 0 Å². The molecule has 0 radical (unpaired) electrons. The van der Waals surface area contributed by atoms with Crippen molar-refractivity contribution in [1.29, 1.82) is 0 Å². The first-order chi connectivity index (χ1) is 13.6. The van der Waals surface area contributed by atoms with Gasteiger partial charge in [0.1, 0.15) is 18.4 Å². The zero-order valence-electron chi connectivity index (χ0n) is 16.9. The number of fused-ring (bicyclic) bond motifs is 1. The molecule has 1 aromatic carbocycles. The molecule has 1 atom stereocenters. The van der Waals surface area contributed by atoms with Crippen LogP contribution in [0.25, 0.3) is 0 Å². The fourth-order valence-corrected chi connectivity index (χ4v) is 2.96. The van der Waals surface area contributed by atoms with Crippen LogP contribution in [0.15, 0.2) is 18.2 Å². The number of anilines is 1. The van der Waals surface area contributed by atoms with Gasteiger partial charge in [-0.15, -0.1) is 0 Å². The van der Waals surface area contributed by atoms with Crippen LogP contribution in [0.1, 0.15) is 54.3 Å². The summed E-state index contributed by atoms with van der Waals surface area (Å²) in [4.78, 5) is 61.4. The summed E-state index contributed by atoms with van der Waals surface area (Å²) in [6, 6.07) is 3.57. The number of benzene rings is 1. The molecule has 9 nitrogen and oxygen atoms in total. The van der Waals surface area contributed by atoms with Crippen molar-refractivity contribution in [1.82, 2.24) is 10.2 Å². The molecule has 0 saturated carbocycles. The van der Waals surface area contributed by atoms with Gasteiger partial charge in [-0.25, -0.2) is 0 Å². The first-order valence-electron chi connectivity index (χ1n) is 9.21. The van der Waals surface area contributed by atoms with Crippen LogP contribution in [0, 0.1) is 0 Å². The molecule has 0 spiro atoms. The first-order valence-corrected chi connectivity index (χ1v) is 9.21. The minimum absolute atomic E-state index is 0.00291. The van der Waals surface area contributed by atoms with Crippen molar-refractivity contribution in [3.05, 3.63) is 29.3 Å². The number of hydrogen-bond acceptors (Lipinski definition) is 7. The van der Waals surface area contributed by atoms with Crippen molar-refractivity contribution in [2.24, 2.45) is 0 Å². The molecule has 1 heterocycles. The standard InChI is InChI=1S/C20H25N3O6/c1-20(2,3)29-16(26)10-22-14-7-5-6-13-17(14)19(28)23(18(13)27)12(11-24)8-9-15(25)21-4/h5-7,11-12,22H,8-10H2,1-4H3,(H,21,25). The van der Waals surface area contributed by atoms with E-state index in [2.05, 4.69) is 10.6 Å². The maximum absolute atomic E-state index is 12.9. The third-order valence-corrected chi connectivity index (χ3v) is 4.22. The third-order valence-electron chi connectivity index (χ3n) is 4.22. The Morgan fingerprint density at radius 3 is 2.48 bits per heavy atom. The number of ether oxygens (including phenoxy) is 1. The van der Waals surface area contributed by atoms with E-state index < -0.39 is 29.4 Å². The number of hydrogen-bond donors (Lipinski definition) is 2. The second kappa shape index (κ2) is 8.85. The molecule has 29 heavy (non-hydrogen) atoms. The van der Waals surface area contributed by atoms with E-state index in [9.17, 15) is 24.0 Å². The number of carbonyl (C=O) groups excluding carboxylic acids is 5. The minimum atomic E-state index is -1.06. The van der Waals surface area contributed by atoms with Gasteiger partial charge in [-0.1, -0.05) is 6.07 Å². The van der Waals surface area contributed by atoms with Gasteiger partial charge < -0.3 is 20.2 Å². The Bertz CT molecular complexity index is 843. The Morgan fingerprint density at radius 1 is 1.21 bits per heavy atom. The van der Waals surface area contributed by atoms with E-state index in [1.54, 1.807) is 32.9 Å². The van der Waals surface area contributed by atoms with E-state index in [1.165, 1.54) is 13.1 Å². The van der Waals surface area contributed by atoms with Gasteiger partial charge in [-0.3, -0.25) is 24.1 Å². The number of nitrogens with one attached hydrogen (secondary N) is 2. The topological polar surface area (TPSA) is 122 Å². The van der Waals surface area contributed by atoms with E-state index in [-0.39, 0.29) is 36.4 Å². The van der Waals surface area contributed by atoms with E-state index >= 15 is 0 Å². The molecule has 1 aliphatic heterocycles. The molecule has 9 heteroatoms. The highest BCUT2D eigenvalue weighted by Gasteiger charge is 2.41. The smallest absolute Gasteiger partial charge is 0.325 e. The summed E-state index contributed by atoms with van der Waals surface area (Å²) in [6.07, 6.45) is 0.505. The summed E-state index contributed by atoms with van der Waals surface area (Å²) in [7, 11) is 1.46. The van der Waals surface area contributed by atoms with Gasteiger partial charge in [0, 0.05) is 19.2 Å². The number of imide groups is 1. The van der Waals surface area contributed by atoms with Crippen LogP contribution in [-0.4, -0.2) is 60.1 Å². The summed E-state index contributed by atoms with van der Waals surface area (Å²) < 4.78 is 5.22. The average molecular weight is 403 g/mol. The highest BCUT2D eigenvalue weighted by Crippen LogP contribution is 2.31. The summed E-state index contributed by atoms with van der Waals surface area (Å²) in [5, 5.41) is 5.26. The van der Waals surface area contributed by atoms with Gasteiger partial charge in [0.2, 0.25) is 5.91 Å². The third kappa shape index (κ3) is 5.18. The predicted molar refractivity (Wildman–Crippen MR) is 104 cm³/mol. The van der Waals surface area contributed by atoms with Gasteiger partial charge >= 0.3 is 5.97 Å². The number of nitrogens with zero attached hydrogens (tertiary/aromatic N) is 1. The van der Waals surface area contributed by atoms with Crippen molar-refractivity contribution in [2.75, 3.05) is 18.9 Å². The van der Waals surface area contributed by atoms with Crippen molar-refractivity contribution >= 4 is 35.7 Å².